The highest BCUT2D eigenvalue weighted by atomic mass is 35.5. The number of halogens is 1. The molecular weight excluding hydrogens is 458 g/mol. The lowest BCUT2D eigenvalue weighted by molar-refractivity contribution is -0.122. The van der Waals surface area contributed by atoms with E-state index in [0.717, 1.165) is 12.2 Å². The normalized spacial score (nSPS) is 14.2. The lowest BCUT2D eigenvalue weighted by Crippen LogP contribution is -2.50. The van der Waals surface area contributed by atoms with E-state index >= 15 is 0 Å². The molecule has 34 heavy (non-hydrogen) atoms. The molecule has 3 N–H and O–H groups in total. The number of piperazine rings is 1. The van der Waals surface area contributed by atoms with Crippen LogP contribution in [0.15, 0.2) is 42.5 Å². The molecule has 10 heteroatoms. The van der Waals surface area contributed by atoms with Crippen molar-refractivity contribution in [1.29, 1.82) is 0 Å². The molecule has 0 aromatic heterocycles. The third-order valence-electron chi connectivity index (χ3n) is 5.55. The van der Waals surface area contributed by atoms with Gasteiger partial charge >= 0.3 is 5.97 Å². The van der Waals surface area contributed by atoms with Crippen LogP contribution in [-0.2, 0) is 4.79 Å². The predicted octanol–water partition coefficient (Wildman–Crippen LogP) is 2.09. The maximum absolute atomic E-state index is 12.5. The molecule has 1 heterocycles. The number of hydrogen-bond acceptors (Lipinski definition) is 6. The third kappa shape index (κ3) is 7.18. The minimum atomic E-state index is -1.13. The number of likely N-dealkylation sites (N-methyl/N-ethyl adjacent to an activating group) is 1. The molecule has 2 aromatic rings. The average molecular weight is 488 g/mol. The van der Waals surface area contributed by atoms with Crippen molar-refractivity contribution in [3.63, 3.8) is 0 Å². The van der Waals surface area contributed by atoms with E-state index in [-0.39, 0.29) is 17.2 Å². The smallest absolute Gasteiger partial charge is 0.337 e. The summed E-state index contributed by atoms with van der Waals surface area (Å²) in [6.07, 6.45) is 0. The quantitative estimate of drug-likeness (QED) is 0.497. The number of anilines is 2. The highest BCUT2D eigenvalue weighted by Crippen LogP contribution is 2.25. The number of carboxylic acid groups (broad SMARTS) is 1. The number of benzene rings is 2. The van der Waals surface area contributed by atoms with Crippen LogP contribution < -0.4 is 15.5 Å². The summed E-state index contributed by atoms with van der Waals surface area (Å²) in [5.41, 5.74) is 1.33. The van der Waals surface area contributed by atoms with Gasteiger partial charge in [0.05, 0.1) is 17.8 Å². The molecule has 2 amide bonds. The summed E-state index contributed by atoms with van der Waals surface area (Å²) in [6.45, 7) is 4.46. The van der Waals surface area contributed by atoms with Gasteiger partial charge in [0, 0.05) is 55.5 Å². The second-order valence-corrected chi connectivity index (χ2v) is 8.85. The van der Waals surface area contributed by atoms with Crippen molar-refractivity contribution in [3.8, 4) is 0 Å². The van der Waals surface area contributed by atoms with Gasteiger partial charge in [0.1, 0.15) is 0 Å². The summed E-state index contributed by atoms with van der Waals surface area (Å²) in [6, 6.07) is 11.4. The molecule has 0 radical (unpaired) electrons. The highest BCUT2D eigenvalue weighted by Gasteiger charge is 2.21. The van der Waals surface area contributed by atoms with Crippen LogP contribution in [0.3, 0.4) is 0 Å². The first-order valence-electron chi connectivity index (χ1n) is 11.1. The van der Waals surface area contributed by atoms with E-state index in [2.05, 4.69) is 20.4 Å². The topological polar surface area (TPSA) is 105 Å². The zero-order valence-corrected chi connectivity index (χ0v) is 20.1. The van der Waals surface area contributed by atoms with Gasteiger partial charge in [-0.3, -0.25) is 14.5 Å². The molecule has 0 bridgehead atoms. The predicted molar refractivity (Wildman–Crippen MR) is 133 cm³/mol. The van der Waals surface area contributed by atoms with Crippen LogP contribution in [0.1, 0.15) is 20.7 Å². The molecular formula is C24H30ClN5O4. The Morgan fingerprint density at radius 3 is 2.44 bits per heavy atom. The van der Waals surface area contributed by atoms with E-state index in [0.29, 0.717) is 49.9 Å². The van der Waals surface area contributed by atoms with Crippen molar-refractivity contribution in [2.45, 2.75) is 0 Å². The minimum absolute atomic E-state index is 0.00302. The molecule has 3 rings (SSSR count). The van der Waals surface area contributed by atoms with E-state index < -0.39 is 11.9 Å². The van der Waals surface area contributed by atoms with Crippen molar-refractivity contribution >= 4 is 40.8 Å². The molecule has 0 aliphatic carbocycles. The van der Waals surface area contributed by atoms with E-state index in [1.807, 2.05) is 19.0 Å². The zero-order valence-electron chi connectivity index (χ0n) is 19.4. The van der Waals surface area contributed by atoms with Crippen molar-refractivity contribution in [3.05, 3.63) is 58.6 Å². The number of carboxylic acids is 1. The molecule has 0 atom stereocenters. The van der Waals surface area contributed by atoms with Crippen LogP contribution in [0.4, 0.5) is 11.4 Å². The fraction of sp³-hybridized carbons (Fsp3) is 0.375. The Morgan fingerprint density at radius 1 is 1.06 bits per heavy atom. The number of carbonyl (C=O) groups excluding carboxylic acids is 2. The van der Waals surface area contributed by atoms with Crippen molar-refractivity contribution in [2.24, 2.45) is 0 Å². The number of rotatable bonds is 9. The molecule has 2 aromatic carbocycles. The number of aromatic carboxylic acids is 1. The highest BCUT2D eigenvalue weighted by molar-refractivity contribution is 6.31. The number of nitrogens with one attached hydrogen (secondary N) is 2. The lowest BCUT2D eigenvalue weighted by Gasteiger charge is -2.36. The number of nitrogens with zero attached hydrogens (tertiary/aromatic N) is 3. The van der Waals surface area contributed by atoms with Gasteiger partial charge in [-0.25, -0.2) is 4.79 Å². The molecule has 1 aliphatic rings. The Morgan fingerprint density at radius 2 is 1.79 bits per heavy atom. The molecule has 0 unspecified atom stereocenters. The van der Waals surface area contributed by atoms with E-state index in [1.165, 1.54) is 6.07 Å². The zero-order chi connectivity index (χ0) is 24.7. The summed E-state index contributed by atoms with van der Waals surface area (Å²) in [5, 5.41) is 15.7. The Bertz CT molecular complexity index is 1040. The van der Waals surface area contributed by atoms with Crippen molar-refractivity contribution < 1.29 is 19.5 Å². The first-order chi connectivity index (χ1) is 16.2. The van der Waals surface area contributed by atoms with E-state index in [9.17, 15) is 19.5 Å². The fourth-order valence-electron chi connectivity index (χ4n) is 3.68. The molecule has 1 aliphatic heterocycles. The number of amides is 2. The van der Waals surface area contributed by atoms with Crippen LogP contribution in [0, 0.1) is 0 Å². The fourth-order valence-corrected chi connectivity index (χ4v) is 3.87. The van der Waals surface area contributed by atoms with Crippen LogP contribution in [-0.4, -0.2) is 92.6 Å². The molecule has 0 saturated carbocycles. The summed E-state index contributed by atoms with van der Waals surface area (Å²) in [5.74, 6) is -1.56. The van der Waals surface area contributed by atoms with Gasteiger partial charge < -0.3 is 25.5 Å². The summed E-state index contributed by atoms with van der Waals surface area (Å²) >= 11 is 5.95. The molecule has 1 saturated heterocycles. The van der Waals surface area contributed by atoms with Crippen LogP contribution >= 0.6 is 11.6 Å². The van der Waals surface area contributed by atoms with Gasteiger partial charge in [0.25, 0.3) is 5.91 Å². The number of hydrogen-bond donors (Lipinski definition) is 3. The number of carbonyl (C=O) groups is 3. The Balaban J connectivity index is 1.59. The monoisotopic (exact) mass is 487 g/mol. The molecule has 182 valence electrons. The van der Waals surface area contributed by atoms with E-state index in [1.54, 1.807) is 36.4 Å². The summed E-state index contributed by atoms with van der Waals surface area (Å²) < 4.78 is 0. The van der Waals surface area contributed by atoms with E-state index in [4.69, 9.17) is 11.6 Å². The first kappa shape index (κ1) is 25.5. The van der Waals surface area contributed by atoms with Crippen LogP contribution in [0.5, 0.6) is 0 Å². The SMILES string of the molecule is CN(C)CCNC(=O)CN1CCN(c2ccc(NC(=O)c3cccc(Cl)c3)c(C(=O)O)c2)CC1. The van der Waals surface area contributed by atoms with Crippen LogP contribution in [0.25, 0.3) is 0 Å². The second kappa shape index (κ2) is 11.8. The average Bonchev–Trinajstić information content (AvgIpc) is 2.79. The first-order valence-corrected chi connectivity index (χ1v) is 11.4. The van der Waals surface area contributed by atoms with Gasteiger partial charge in [0.2, 0.25) is 5.91 Å². The Kier molecular flexibility index (Phi) is 8.86. The van der Waals surface area contributed by atoms with Gasteiger partial charge in [-0.15, -0.1) is 0 Å². The van der Waals surface area contributed by atoms with Gasteiger partial charge in [-0.05, 0) is 50.5 Å². The standard InChI is InChI=1S/C24H30ClN5O4/c1-28(2)9-8-26-22(31)16-29-10-12-30(13-11-29)19-6-7-21(20(15-19)24(33)34)27-23(32)17-4-3-5-18(25)14-17/h3-7,14-15H,8-13,16H2,1-2H3,(H,26,31)(H,27,32)(H,33,34). The molecule has 1 fully saturated rings. The maximum Gasteiger partial charge on any atom is 0.337 e. The Labute approximate surface area is 204 Å². The second-order valence-electron chi connectivity index (χ2n) is 8.42. The summed E-state index contributed by atoms with van der Waals surface area (Å²) in [7, 11) is 3.92. The van der Waals surface area contributed by atoms with Gasteiger partial charge in [0.15, 0.2) is 0 Å². The van der Waals surface area contributed by atoms with Crippen molar-refractivity contribution in [2.75, 3.05) is 70.1 Å². The molecule has 9 nitrogen and oxygen atoms in total. The van der Waals surface area contributed by atoms with Crippen LogP contribution in [0.2, 0.25) is 5.02 Å². The van der Waals surface area contributed by atoms with Gasteiger partial charge in [-0.2, -0.15) is 0 Å². The van der Waals surface area contributed by atoms with Crippen molar-refractivity contribution in [1.82, 2.24) is 15.1 Å². The minimum Gasteiger partial charge on any atom is -0.478 e. The lowest BCUT2D eigenvalue weighted by atomic mass is 10.1. The Hall–Kier alpha value is -3.14. The molecule has 0 spiro atoms. The third-order valence-corrected chi connectivity index (χ3v) is 5.79. The summed E-state index contributed by atoms with van der Waals surface area (Å²) in [4.78, 5) is 42.7. The largest absolute Gasteiger partial charge is 0.478 e. The maximum atomic E-state index is 12.5. The van der Waals surface area contributed by atoms with Gasteiger partial charge in [-0.1, -0.05) is 17.7 Å².